The van der Waals surface area contributed by atoms with Crippen LogP contribution in [-0.2, 0) is 9.53 Å². The van der Waals surface area contributed by atoms with Crippen molar-refractivity contribution in [2.75, 3.05) is 12.4 Å². The van der Waals surface area contributed by atoms with Crippen molar-refractivity contribution >= 4 is 17.7 Å². The summed E-state index contributed by atoms with van der Waals surface area (Å²) in [5.74, 6) is 2.84. The summed E-state index contributed by atoms with van der Waals surface area (Å²) >= 11 is 1.98. The molecule has 0 aromatic heterocycles. The van der Waals surface area contributed by atoms with Gasteiger partial charge in [0.2, 0.25) is 5.91 Å². The molecule has 6 heteroatoms. The molecule has 1 amide bonds. The van der Waals surface area contributed by atoms with Gasteiger partial charge in [0, 0.05) is 17.6 Å². The highest BCUT2D eigenvalue weighted by molar-refractivity contribution is 7.99. The van der Waals surface area contributed by atoms with E-state index in [1.807, 2.05) is 42.1 Å². The minimum atomic E-state index is -0.299. The third-order valence-corrected chi connectivity index (χ3v) is 7.04. The molecular weight excluding hydrogens is 362 g/mol. The summed E-state index contributed by atoms with van der Waals surface area (Å²) in [6.45, 7) is 2.96. The normalized spacial score (nSPS) is 27.5. The second-order valence-corrected chi connectivity index (χ2v) is 9.19. The summed E-state index contributed by atoms with van der Waals surface area (Å²) in [6.07, 6.45) is 6.48. The fraction of sp³-hybridized carbons (Fsp3) is 0.667. The highest BCUT2D eigenvalue weighted by Crippen LogP contribution is 2.45. The zero-order valence-corrected chi connectivity index (χ0v) is 16.8. The summed E-state index contributed by atoms with van der Waals surface area (Å²) < 4.78 is 12.2. The Hall–Kier alpha value is -1.24. The number of para-hydroxylation sites is 1. The molecule has 2 aliphatic rings. The molecule has 1 aromatic carbocycles. The van der Waals surface area contributed by atoms with Gasteiger partial charge in [-0.05, 0) is 55.9 Å². The minimum absolute atomic E-state index is 0.299. The average Bonchev–Trinajstić information content (AvgIpc) is 3.29. The van der Waals surface area contributed by atoms with E-state index >= 15 is 0 Å². The number of carbonyl (C=O) groups excluding carboxylic acids is 1. The highest BCUT2D eigenvalue weighted by atomic mass is 32.2. The van der Waals surface area contributed by atoms with Crippen LogP contribution < -0.4 is 10.2 Å². The average molecular weight is 394 g/mol. The van der Waals surface area contributed by atoms with E-state index in [-0.39, 0.29) is 5.91 Å². The van der Waals surface area contributed by atoms with Gasteiger partial charge in [-0.3, -0.25) is 10.0 Å². The molecule has 150 valence electrons. The molecule has 5 atom stereocenters. The predicted molar refractivity (Wildman–Crippen MR) is 107 cm³/mol. The Balaban J connectivity index is 1.39. The van der Waals surface area contributed by atoms with E-state index in [4.69, 9.17) is 14.7 Å². The summed E-state index contributed by atoms with van der Waals surface area (Å²) in [7, 11) is 0. The number of amides is 1. The van der Waals surface area contributed by atoms with Crippen molar-refractivity contribution < 1.29 is 19.5 Å². The third-order valence-electron chi connectivity index (χ3n) is 5.77. The fourth-order valence-electron chi connectivity index (χ4n) is 4.31. The van der Waals surface area contributed by atoms with Gasteiger partial charge in [0.15, 0.2) is 0 Å². The van der Waals surface area contributed by atoms with Crippen LogP contribution in [0.5, 0.6) is 5.75 Å². The smallest absolute Gasteiger partial charge is 0.243 e. The molecule has 2 heterocycles. The van der Waals surface area contributed by atoms with E-state index in [0.29, 0.717) is 35.7 Å². The number of hydrogen-bond acceptors (Lipinski definition) is 5. The molecule has 5 nitrogen and oxygen atoms in total. The molecule has 0 radical (unpaired) electrons. The molecule has 2 fully saturated rings. The van der Waals surface area contributed by atoms with Gasteiger partial charge in [0.05, 0.1) is 18.8 Å². The van der Waals surface area contributed by atoms with Gasteiger partial charge in [0.1, 0.15) is 5.75 Å². The van der Waals surface area contributed by atoms with E-state index in [2.05, 4.69) is 6.92 Å². The monoisotopic (exact) mass is 393 g/mol. The maximum atomic E-state index is 11.1. The molecule has 3 rings (SSSR count). The molecule has 2 saturated heterocycles. The maximum absolute atomic E-state index is 11.1. The van der Waals surface area contributed by atoms with Crippen LogP contribution >= 0.6 is 11.8 Å². The first-order valence-electron chi connectivity index (χ1n) is 10.0. The van der Waals surface area contributed by atoms with Gasteiger partial charge in [0.25, 0.3) is 0 Å². The van der Waals surface area contributed by atoms with Crippen LogP contribution in [0, 0.1) is 11.8 Å². The van der Waals surface area contributed by atoms with Gasteiger partial charge in [-0.2, -0.15) is 11.8 Å². The molecule has 0 spiro atoms. The standard InChI is InChI=1S/C21H31NO4S/c1-15(6-5-9-21(23)22-24)27-13-12-17-18(20-11-10-19(17)26-20)14-25-16-7-3-2-4-8-16/h2-4,7-8,15,17-20,24H,5-6,9-14H2,1H3,(H,22,23). The number of hydrogen-bond donors (Lipinski definition) is 2. The lowest BCUT2D eigenvalue weighted by atomic mass is 9.78. The molecular formula is C21H31NO4S. The molecule has 2 aliphatic heterocycles. The Morgan fingerprint density at radius 2 is 2.04 bits per heavy atom. The van der Waals surface area contributed by atoms with Gasteiger partial charge in [-0.1, -0.05) is 25.1 Å². The largest absolute Gasteiger partial charge is 0.493 e. The summed E-state index contributed by atoms with van der Waals surface area (Å²) in [4.78, 5) is 11.1. The number of benzene rings is 1. The van der Waals surface area contributed by atoms with Crippen molar-refractivity contribution in [2.24, 2.45) is 11.8 Å². The second-order valence-electron chi connectivity index (χ2n) is 7.64. The topological polar surface area (TPSA) is 67.8 Å². The molecule has 0 saturated carbocycles. The van der Waals surface area contributed by atoms with Crippen LogP contribution in [0.15, 0.2) is 30.3 Å². The lowest BCUT2D eigenvalue weighted by Gasteiger charge is -2.28. The number of nitrogens with one attached hydrogen (secondary N) is 1. The number of hydroxylamine groups is 1. The van der Waals surface area contributed by atoms with E-state index in [1.165, 1.54) is 12.8 Å². The van der Waals surface area contributed by atoms with Crippen LogP contribution in [0.2, 0.25) is 0 Å². The maximum Gasteiger partial charge on any atom is 0.243 e. The van der Waals surface area contributed by atoms with Crippen LogP contribution in [-0.4, -0.2) is 40.9 Å². The molecule has 1 aromatic rings. The first-order valence-corrected chi connectivity index (χ1v) is 11.1. The summed E-state index contributed by atoms with van der Waals surface area (Å²) in [5.41, 5.74) is 1.69. The van der Waals surface area contributed by atoms with Crippen molar-refractivity contribution in [1.29, 1.82) is 0 Å². The van der Waals surface area contributed by atoms with Gasteiger partial charge in [-0.15, -0.1) is 0 Å². The molecule has 27 heavy (non-hydrogen) atoms. The molecule has 5 unspecified atom stereocenters. The van der Waals surface area contributed by atoms with E-state index < -0.39 is 0 Å². The van der Waals surface area contributed by atoms with Gasteiger partial charge < -0.3 is 9.47 Å². The summed E-state index contributed by atoms with van der Waals surface area (Å²) in [5, 5.41) is 9.05. The SMILES string of the molecule is CC(CCCC(=O)NO)SCCC1C2CCC(O2)C1COc1ccccc1. The van der Waals surface area contributed by atoms with Crippen molar-refractivity contribution in [3.05, 3.63) is 30.3 Å². The van der Waals surface area contributed by atoms with Gasteiger partial charge >= 0.3 is 0 Å². The lowest BCUT2D eigenvalue weighted by Crippen LogP contribution is -2.32. The van der Waals surface area contributed by atoms with E-state index in [0.717, 1.165) is 37.4 Å². The Kier molecular flexibility index (Phi) is 7.85. The summed E-state index contributed by atoms with van der Waals surface area (Å²) in [6, 6.07) is 10.0. The van der Waals surface area contributed by atoms with Crippen molar-refractivity contribution in [1.82, 2.24) is 5.48 Å². The number of rotatable bonds is 11. The lowest BCUT2D eigenvalue weighted by molar-refractivity contribution is -0.129. The van der Waals surface area contributed by atoms with Crippen LogP contribution in [0.3, 0.4) is 0 Å². The van der Waals surface area contributed by atoms with Crippen LogP contribution in [0.1, 0.15) is 45.4 Å². The zero-order chi connectivity index (χ0) is 19.1. The number of carbonyl (C=O) groups is 1. The first kappa shape index (κ1) is 20.5. The van der Waals surface area contributed by atoms with Gasteiger partial charge in [-0.25, -0.2) is 5.48 Å². The quantitative estimate of drug-likeness (QED) is 0.439. The van der Waals surface area contributed by atoms with Crippen LogP contribution in [0.25, 0.3) is 0 Å². The van der Waals surface area contributed by atoms with Crippen molar-refractivity contribution in [3.8, 4) is 5.75 Å². The number of fused-ring (bicyclic) bond motifs is 2. The third kappa shape index (κ3) is 5.87. The molecule has 2 bridgehead atoms. The predicted octanol–water partition coefficient (Wildman–Crippen LogP) is 4.05. The molecule has 0 aliphatic carbocycles. The number of thioether (sulfide) groups is 1. The van der Waals surface area contributed by atoms with E-state index in [9.17, 15) is 4.79 Å². The minimum Gasteiger partial charge on any atom is -0.493 e. The Labute approximate surface area is 166 Å². The Bertz CT molecular complexity index is 585. The fourth-order valence-corrected chi connectivity index (χ4v) is 5.45. The van der Waals surface area contributed by atoms with Crippen molar-refractivity contribution in [3.63, 3.8) is 0 Å². The van der Waals surface area contributed by atoms with Crippen LogP contribution in [0.4, 0.5) is 0 Å². The van der Waals surface area contributed by atoms with Crippen molar-refractivity contribution in [2.45, 2.75) is 62.9 Å². The number of ether oxygens (including phenoxy) is 2. The highest BCUT2D eigenvalue weighted by Gasteiger charge is 2.48. The Morgan fingerprint density at radius 1 is 1.30 bits per heavy atom. The zero-order valence-electron chi connectivity index (χ0n) is 16.0. The first-order chi connectivity index (χ1) is 13.2. The molecule has 2 N–H and O–H groups in total. The Morgan fingerprint density at radius 3 is 2.78 bits per heavy atom. The second kappa shape index (κ2) is 10.3. The van der Waals surface area contributed by atoms with E-state index in [1.54, 1.807) is 5.48 Å².